The molecule has 0 radical (unpaired) electrons. The molecule has 4 saturated heterocycles. The summed E-state index contributed by atoms with van der Waals surface area (Å²) in [6.07, 6.45) is 15.1. The zero-order valence-corrected chi connectivity index (χ0v) is 80.4. The predicted molar refractivity (Wildman–Crippen MR) is 523 cm³/mol. The third-order valence-corrected chi connectivity index (χ3v) is 31.7. The maximum absolute atomic E-state index is 14.1. The van der Waals surface area contributed by atoms with Gasteiger partial charge in [0.15, 0.2) is 0 Å². The zero-order chi connectivity index (χ0) is 95.0. The molecule has 0 bridgehead atoms. The van der Waals surface area contributed by atoms with E-state index in [1.54, 1.807) is 66.9 Å². The molecule has 4 fully saturated rings. The standard InChI is InChI=1S/C49H57ClN8O8S2.C49H55ClN8O8S/c1-49(2)13-11-36(43(28-49)34-5-7-37(50)8-6-34)31-55-15-19-56(20-16-55)38-9-10-41(46(25-38)66-39-24-35-12-14-51-47(35)52-29-39)48(59)53-68(63,64)40-26-44(58(60)61)42-23-33(32-65-45(42)27-40)30-54-17-21-57(22-18-54)67(3,4)62;1-32(59)56-18-14-54(15-19-56)29-33-22-42-44(58(61)62)25-40(26-45(42)65-31-33)67(63,64)53-48(60)41-9-8-38(24-46(41)66-39-23-35-11-13-51-47(35)52-28-39)57-20-16-55(17-21-57)30-36-10-12-49(2,3)27-43(36)34-4-6-37(50)7-5-34/h5-10,12,14,24-27,29,33H,3,11,13,15-23,28,30-32H2,1-2,4H3,(H,51,52)(H,53,59);4-9,11,13,23-26,28,33H,10,12,14-22,27,29-31H2,1-3H3,(H,51,52)(H,53,60)/t33-,67?;33-/m11/s1. The molecule has 6 aromatic carbocycles. The molecule has 135 heavy (non-hydrogen) atoms. The summed E-state index contributed by atoms with van der Waals surface area (Å²) >= 11 is 12.5. The summed E-state index contributed by atoms with van der Waals surface area (Å²) in [5, 5.41) is 27.9. The Morgan fingerprint density at radius 3 is 1.30 bits per heavy atom. The molecule has 32 nitrogen and oxygen atoms in total. The van der Waals surface area contributed by atoms with Crippen molar-refractivity contribution in [3.8, 4) is 34.5 Å². The Bertz CT molecular complexity index is 6640. The van der Waals surface area contributed by atoms with Gasteiger partial charge in [-0.15, -0.1) is 0 Å². The monoisotopic (exact) mass is 1930 g/mol. The second-order valence-corrected chi connectivity index (χ2v) is 44.8. The van der Waals surface area contributed by atoms with E-state index < -0.39 is 72.6 Å². The van der Waals surface area contributed by atoms with Gasteiger partial charge in [-0.3, -0.25) is 53.5 Å². The number of fused-ring (bicyclic) bond motifs is 4. The number of rotatable bonds is 25. The van der Waals surface area contributed by atoms with Crippen molar-refractivity contribution >= 4 is 133 Å². The number of carbonyl (C=O) groups is 3. The molecule has 10 heterocycles. The number of piperazine rings is 4. The van der Waals surface area contributed by atoms with Crippen molar-refractivity contribution in [2.24, 2.45) is 22.7 Å². The van der Waals surface area contributed by atoms with Gasteiger partial charge in [-0.1, -0.05) is 86.3 Å². The number of amides is 3. The van der Waals surface area contributed by atoms with Crippen molar-refractivity contribution in [2.45, 2.75) is 95.8 Å². The van der Waals surface area contributed by atoms with Crippen LogP contribution in [0, 0.1) is 42.9 Å². The number of H-pyrrole nitrogens is 2. The van der Waals surface area contributed by atoms with Gasteiger partial charge in [0.1, 0.15) is 45.8 Å². The van der Waals surface area contributed by atoms with Crippen LogP contribution in [0.5, 0.6) is 34.5 Å². The molecule has 3 amide bonds. The number of benzene rings is 6. The second-order valence-electron chi connectivity index (χ2n) is 38.1. The highest BCUT2D eigenvalue weighted by atomic mass is 35.5. The normalized spacial score (nSPS) is 19.8. The molecule has 0 saturated carbocycles. The Balaban J connectivity index is 0.000000188. The number of pyridine rings is 2. The van der Waals surface area contributed by atoms with Crippen LogP contribution in [0.2, 0.25) is 10.0 Å². The minimum atomic E-state index is -4.66. The first-order valence-electron chi connectivity index (χ1n) is 45.6. The number of hydrogen-bond donors (Lipinski definition) is 4. The Labute approximate surface area is 795 Å². The number of aromatic nitrogens is 4. The Kier molecular flexibility index (Phi) is 28.0. The first-order valence-corrected chi connectivity index (χ1v) is 51.4. The second kappa shape index (κ2) is 39.7. The number of halogens is 2. The summed E-state index contributed by atoms with van der Waals surface area (Å²) in [5.74, 6) is 2.73. The van der Waals surface area contributed by atoms with Crippen LogP contribution in [-0.2, 0) is 47.4 Å². The topological polar surface area (TPSA) is 367 Å². The third-order valence-electron chi connectivity index (χ3n) is 27.1. The average molecular weight is 1940 g/mol. The predicted octanol–water partition coefficient (Wildman–Crippen LogP) is 14.8. The summed E-state index contributed by atoms with van der Waals surface area (Å²) in [4.78, 5) is 93.3. The van der Waals surface area contributed by atoms with Gasteiger partial charge >= 0.3 is 0 Å². The van der Waals surface area contributed by atoms with Crippen LogP contribution in [-0.4, -0.2) is 254 Å². The minimum Gasteiger partial charge on any atom is -0.493 e. The molecule has 18 rings (SSSR count). The van der Waals surface area contributed by atoms with Crippen molar-refractivity contribution in [2.75, 3.05) is 160 Å². The Morgan fingerprint density at radius 1 is 0.526 bits per heavy atom. The molecule has 3 atom stereocenters. The highest BCUT2D eigenvalue weighted by molar-refractivity contribution is 7.97. The van der Waals surface area contributed by atoms with Crippen LogP contribution in [0.3, 0.4) is 0 Å². The fourth-order valence-corrected chi connectivity index (χ4v) is 22.8. The first-order chi connectivity index (χ1) is 64.4. The molecular weight excluding hydrogens is 1820 g/mol. The number of aromatic amines is 2. The number of allylic oxidation sites excluding steroid dienone is 2. The molecule has 712 valence electrons. The third kappa shape index (κ3) is 22.6. The number of anilines is 2. The van der Waals surface area contributed by atoms with Crippen LogP contribution >= 0.6 is 23.2 Å². The van der Waals surface area contributed by atoms with E-state index in [0.29, 0.717) is 138 Å². The van der Waals surface area contributed by atoms with Gasteiger partial charge in [-0.2, -0.15) is 0 Å². The van der Waals surface area contributed by atoms with Gasteiger partial charge in [0.2, 0.25) is 5.91 Å². The lowest BCUT2D eigenvalue weighted by Gasteiger charge is -2.39. The van der Waals surface area contributed by atoms with Crippen LogP contribution in [0.1, 0.15) is 116 Å². The number of carbonyl (C=O) groups excluding carboxylic acids is 3. The van der Waals surface area contributed by atoms with Crippen LogP contribution in [0.15, 0.2) is 179 Å². The zero-order valence-electron chi connectivity index (χ0n) is 76.5. The van der Waals surface area contributed by atoms with E-state index in [9.17, 15) is 55.7 Å². The first kappa shape index (κ1) is 95.2. The number of nitrogens with one attached hydrogen (secondary N) is 4. The molecular formula is C98H112Cl2N16O16S3. The number of nitrogens with zero attached hydrogens (tertiary/aromatic N) is 12. The molecule has 1 unspecified atom stereocenters. The lowest BCUT2D eigenvalue weighted by molar-refractivity contribution is -0.386. The summed E-state index contributed by atoms with van der Waals surface area (Å²) in [6, 6.07) is 38.1. The van der Waals surface area contributed by atoms with E-state index in [1.807, 2.05) is 40.7 Å². The fraction of sp³-hybridized carbons (Fsp3) is 0.408. The van der Waals surface area contributed by atoms with Gasteiger partial charge in [0.25, 0.3) is 43.2 Å². The maximum Gasteiger partial charge on any atom is 0.277 e. The van der Waals surface area contributed by atoms with Crippen molar-refractivity contribution in [3.63, 3.8) is 0 Å². The summed E-state index contributed by atoms with van der Waals surface area (Å²) < 4.78 is 99.2. The summed E-state index contributed by atoms with van der Waals surface area (Å²) in [7, 11) is -11.6. The van der Waals surface area contributed by atoms with Gasteiger partial charge in [-0.05, 0) is 163 Å². The van der Waals surface area contributed by atoms with Crippen LogP contribution in [0.4, 0.5) is 22.7 Å². The average Bonchev–Trinajstić information content (AvgIpc) is 0.853. The van der Waals surface area contributed by atoms with Gasteiger partial charge in [0, 0.05) is 247 Å². The number of hydrogen-bond acceptors (Lipinski definition) is 24. The van der Waals surface area contributed by atoms with Crippen molar-refractivity contribution in [1.29, 1.82) is 0 Å². The van der Waals surface area contributed by atoms with E-state index in [-0.39, 0.29) is 75.9 Å². The number of sulfonamides is 2. The highest BCUT2D eigenvalue weighted by Gasteiger charge is 2.39. The lowest BCUT2D eigenvalue weighted by atomic mass is 9.72. The fourth-order valence-electron chi connectivity index (χ4n) is 19.6. The molecule has 37 heteroatoms. The molecule has 10 aromatic rings. The van der Waals surface area contributed by atoms with Gasteiger partial charge in [0.05, 0.1) is 67.5 Å². The van der Waals surface area contributed by atoms with E-state index in [4.69, 9.17) is 42.1 Å². The molecule has 0 spiro atoms. The van der Waals surface area contributed by atoms with Crippen LogP contribution in [0.25, 0.3) is 33.2 Å². The smallest absolute Gasteiger partial charge is 0.277 e. The van der Waals surface area contributed by atoms with Crippen LogP contribution < -0.4 is 38.2 Å². The van der Waals surface area contributed by atoms with E-state index in [1.165, 1.54) is 70.1 Å². The molecule has 2 aliphatic carbocycles. The number of nitro benzene ring substituents is 2. The largest absolute Gasteiger partial charge is 0.493 e. The highest BCUT2D eigenvalue weighted by Crippen LogP contribution is 2.48. The van der Waals surface area contributed by atoms with Gasteiger partial charge < -0.3 is 48.5 Å². The Hall–Kier alpha value is -11.5. The van der Waals surface area contributed by atoms with E-state index >= 15 is 0 Å². The minimum absolute atomic E-state index is 0.0279. The van der Waals surface area contributed by atoms with Crippen molar-refractivity contribution in [1.82, 2.24) is 58.2 Å². The summed E-state index contributed by atoms with van der Waals surface area (Å²) in [5.41, 5.74) is 11.2. The van der Waals surface area contributed by atoms with Crippen molar-refractivity contribution in [3.05, 3.63) is 233 Å². The lowest BCUT2D eigenvalue weighted by Crippen LogP contribution is -2.50. The molecule has 4 aromatic heterocycles. The SMILES string of the molecule is C=S(C)(=O)N1CCN(C[C@@H]2COc3cc(S(=O)(=O)NC(=O)c4ccc(N5CCN(CC6=C(c7ccc(Cl)cc7)CC(C)(C)CC6)CC5)cc4Oc4cnc5[nH]ccc5c4)cc([N+](=O)[O-])c3C2)CC1.CC(=O)N1CCN(C[C@@H]2COc3cc(S(=O)(=O)NC(=O)c4ccc(N5CCN(CC6=C(c7ccc(Cl)cc7)CC(C)(C)CC6)CC5)cc4Oc4cnc5[nH]ccc5c4)cc([N+](=O)[O-])c3C2)CC1. The quantitative estimate of drug-likeness (QED) is 0.0234. The maximum atomic E-state index is 14.1. The summed E-state index contributed by atoms with van der Waals surface area (Å²) in [6.45, 7) is 25.4. The molecule has 6 aliphatic heterocycles. The number of nitro groups is 2. The van der Waals surface area contributed by atoms with Gasteiger partial charge in [-0.25, -0.2) is 40.6 Å². The van der Waals surface area contributed by atoms with Crippen molar-refractivity contribution < 1.29 is 64.2 Å². The molecule has 8 aliphatic rings. The Morgan fingerprint density at radius 2 is 0.919 bits per heavy atom. The molecule has 4 N–H and O–H groups in total. The van der Waals surface area contributed by atoms with E-state index in [0.717, 1.165) is 122 Å². The number of ether oxygens (including phenoxy) is 4. The van der Waals surface area contributed by atoms with E-state index in [2.05, 4.69) is 117 Å².